The van der Waals surface area contributed by atoms with Crippen molar-refractivity contribution in [2.75, 3.05) is 19.3 Å². The van der Waals surface area contributed by atoms with Gasteiger partial charge in [-0.3, -0.25) is 4.79 Å². The van der Waals surface area contributed by atoms with E-state index in [0.29, 0.717) is 17.3 Å². The Morgan fingerprint density at radius 1 is 1.36 bits per heavy atom. The number of carbonyl (C=O) groups excluding carboxylic acids is 1. The molecule has 2 heterocycles. The average Bonchev–Trinajstić information content (AvgIpc) is 3.15. The van der Waals surface area contributed by atoms with E-state index in [4.69, 9.17) is 15.8 Å². The molecule has 0 atom stereocenters. The van der Waals surface area contributed by atoms with Crippen molar-refractivity contribution in [1.29, 1.82) is 0 Å². The number of thioether (sulfide) groups is 1. The Hall–Kier alpha value is -1.58. The van der Waals surface area contributed by atoms with Gasteiger partial charge in [-0.25, -0.2) is 0 Å². The van der Waals surface area contributed by atoms with Crippen LogP contribution in [0.3, 0.4) is 0 Å². The number of likely N-dealkylation sites (tertiary alicyclic amines) is 1. The van der Waals surface area contributed by atoms with Crippen LogP contribution < -0.4 is 5.73 Å². The van der Waals surface area contributed by atoms with Crippen molar-refractivity contribution in [1.82, 2.24) is 4.90 Å². The maximum absolute atomic E-state index is 13.0. The van der Waals surface area contributed by atoms with Crippen molar-refractivity contribution in [3.8, 4) is 0 Å². The summed E-state index contributed by atoms with van der Waals surface area (Å²) in [7, 11) is -1.49. The van der Waals surface area contributed by atoms with Gasteiger partial charge < -0.3 is 20.7 Å². The second kappa shape index (κ2) is 9.76. The van der Waals surface area contributed by atoms with Crippen LogP contribution in [-0.4, -0.2) is 47.3 Å². The van der Waals surface area contributed by atoms with Crippen molar-refractivity contribution in [3.05, 3.63) is 57.9 Å². The number of nitrogens with two attached hydrogens (primary N) is 1. The van der Waals surface area contributed by atoms with Gasteiger partial charge in [0, 0.05) is 19.6 Å². The molecule has 0 spiro atoms. The number of hydrogen-bond donors (Lipinski definition) is 3. The molecule has 1 aromatic heterocycles. The highest BCUT2D eigenvalue weighted by Crippen LogP contribution is 2.34. The van der Waals surface area contributed by atoms with Crippen LogP contribution in [0.5, 0.6) is 0 Å². The fraction of sp³-hybridized carbons (Fsp3) is 0.350. The highest BCUT2D eigenvalue weighted by molar-refractivity contribution is 8.00. The molecule has 0 unspecified atom stereocenters. The molecule has 1 amide bonds. The van der Waals surface area contributed by atoms with Crippen LogP contribution in [0.25, 0.3) is 6.08 Å². The molecule has 1 saturated heterocycles. The predicted molar refractivity (Wildman–Crippen MR) is 118 cm³/mol. The standard InChI is InChI=1S/C20H25BN2O3S2/c1-27-20-17(5-8-21(25)26)12-18(28-20)19(24)23-9-6-15(7-10-23)16-4-2-3-14(11-16)13-22/h2-5,8,11-12,15,25-26H,6-7,9-10,13,22H2,1H3. The van der Waals surface area contributed by atoms with Crippen LogP contribution in [-0.2, 0) is 6.54 Å². The van der Waals surface area contributed by atoms with Gasteiger partial charge >= 0.3 is 7.12 Å². The summed E-state index contributed by atoms with van der Waals surface area (Å²) in [5.74, 6) is 1.82. The summed E-state index contributed by atoms with van der Waals surface area (Å²) in [6.45, 7) is 2.03. The number of amides is 1. The minimum Gasteiger partial charge on any atom is -0.424 e. The number of nitrogens with zero attached hydrogens (tertiary/aromatic N) is 1. The van der Waals surface area contributed by atoms with E-state index in [0.717, 1.165) is 41.3 Å². The molecule has 5 nitrogen and oxygen atoms in total. The molecule has 3 rings (SSSR count). The van der Waals surface area contributed by atoms with E-state index in [-0.39, 0.29) is 5.91 Å². The molecule has 0 radical (unpaired) electrons. The molecule has 4 N–H and O–H groups in total. The van der Waals surface area contributed by atoms with Gasteiger partial charge in [-0.2, -0.15) is 0 Å². The van der Waals surface area contributed by atoms with Gasteiger partial charge in [0.2, 0.25) is 0 Å². The van der Waals surface area contributed by atoms with Crippen LogP contribution in [0, 0.1) is 0 Å². The van der Waals surface area contributed by atoms with E-state index < -0.39 is 7.12 Å². The van der Waals surface area contributed by atoms with Crippen LogP contribution in [0.4, 0.5) is 0 Å². The first kappa shape index (κ1) is 21.1. The number of thiophene rings is 1. The molecule has 0 bridgehead atoms. The maximum atomic E-state index is 13.0. The van der Waals surface area contributed by atoms with Gasteiger partial charge in [0.1, 0.15) is 0 Å². The van der Waals surface area contributed by atoms with E-state index in [2.05, 4.69) is 18.2 Å². The van der Waals surface area contributed by atoms with Gasteiger partial charge in [-0.1, -0.05) is 36.3 Å². The fourth-order valence-electron chi connectivity index (χ4n) is 3.50. The Kier molecular flexibility index (Phi) is 7.37. The molecule has 0 saturated carbocycles. The second-order valence-electron chi connectivity index (χ2n) is 6.85. The number of benzene rings is 1. The molecule has 1 aliphatic rings. The minimum absolute atomic E-state index is 0.0543. The molecular formula is C20H25BN2O3S2. The molecule has 148 valence electrons. The summed E-state index contributed by atoms with van der Waals surface area (Å²) in [6, 6.07) is 10.3. The Bertz CT molecular complexity index is 846. The smallest absolute Gasteiger partial charge is 0.424 e. The van der Waals surface area contributed by atoms with Crippen molar-refractivity contribution in [2.45, 2.75) is 29.5 Å². The third-order valence-electron chi connectivity index (χ3n) is 5.01. The number of piperidine rings is 1. The molecule has 1 aromatic carbocycles. The van der Waals surface area contributed by atoms with E-state index >= 15 is 0 Å². The van der Waals surface area contributed by atoms with Gasteiger partial charge in [-0.05, 0) is 47.8 Å². The van der Waals surface area contributed by atoms with E-state index in [9.17, 15) is 4.79 Å². The number of rotatable bonds is 6. The molecule has 0 aliphatic carbocycles. The second-order valence-corrected chi connectivity index (χ2v) is 8.97. The summed E-state index contributed by atoms with van der Waals surface area (Å²) in [5, 5.41) is 18.1. The first-order valence-electron chi connectivity index (χ1n) is 9.32. The van der Waals surface area contributed by atoms with E-state index in [1.54, 1.807) is 17.8 Å². The van der Waals surface area contributed by atoms with Crippen molar-refractivity contribution < 1.29 is 14.8 Å². The zero-order valence-electron chi connectivity index (χ0n) is 15.9. The summed E-state index contributed by atoms with van der Waals surface area (Å²) < 4.78 is 0.994. The Labute approximate surface area is 174 Å². The summed E-state index contributed by atoms with van der Waals surface area (Å²) in [6.07, 6.45) is 5.50. The lowest BCUT2D eigenvalue weighted by molar-refractivity contribution is 0.0718. The van der Waals surface area contributed by atoms with E-state index in [1.807, 2.05) is 23.3 Å². The van der Waals surface area contributed by atoms with E-state index in [1.165, 1.54) is 22.9 Å². The molecule has 1 fully saturated rings. The molecule has 2 aromatic rings. The maximum Gasteiger partial charge on any atom is 0.480 e. The molecular weight excluding hydrogens is 391 g/mol. The van der Waals surface area contributed by atoms with Crippen molar-refractivity contribution in [2.24, 2.45) is 5.73 Å². The summed E-state index contributed by atoms with van der Waals surface area (Å²) in [5.41, 5.74) is 9.06. The first-order chi connectivity index (χ1) is 13.5. The predicted octanol–water partition coefficient (Wildman–Crippen LogP) is 2.97. The lowest BCUT2D eigenvalue weighted by Crippen LogP contribution is -2.37. The summed E-state index contributed by atoms with van der Waals surface area (Å²) >= 11 is 3.01. The topological polar surface area (TPSA) is 86.8 Å². The lowest BCUT2D eigenvalue weighted by atomic mass is 9.88. The Morgan fingerprint density at radius 2 is 2.11 bits per heavy atom. The Morgan fingerprint density at radius 3 is 2.75 bits per heavy atom. The monoisotopic (exact) mass is 416 g/mol. The summed E-state index contributed by atoms with van der Waals surface area (Å²) in [4.78, 5) is 15.6. The number of carbonyl (C=O) groups is 1. The van der Waals surface area contributed by atoms with Crippen molar-refractivity contribution >= 4 is 42.2 Å². The molecule has 28 heavy (non-hydrogen) atoms. The van der Waals surface area contributed by atoms with Crippen LogP contribution >= 0.6 is 23.1 Å². The SMILES string of the molecule is CSc1sc(C(=O)N2CCC(c3cccc(CN)c3)CC2)cc1C=CB(O)O. The highest BCUT2D eigenvalue weighted by atomic mass is 32.2. The largest absolute Gasteiger partial charge is 0.480 e. The quantitative estimate of drug-likeness (QED) is 0.498. The fourth-order valence-corrected chi connectivity index (χ4v) is 5.32. The van der Waals surface area contributed by atoms with Gasteiger partial charge in [0.05, 0.1) is 9.09 Å². The normalized spacial score (nSPS) is 15.4. The van der Waals surface area contributed by atoms with Gasteiger partial charge in [0.15, 0.2) is 0 Å². The zero-order chi connectivity index (χ0) is 20.1. The van der Waals surface area contributed by atoms with Crippen LogP contribution in [0.15, 0.2) is 40.5 Å². The average molecular weight is 416 g/mol. The van der Waals surface area contributed by atoms with Crippen LogP contribution in [0.2, 0.25) is 0 Å². The van der Waals surface area contributed by atoms with Gasteiger partial charge in [-0.15, -0.1) is 23.1 Å². The minimum atomic E-state index is -1.49. The lowest BCUT2D eigenvalue weighted by Gasteiger charge is -2.32. The molecule has 8 heteroatoms. The zero-order valence-corrected chi connectivity index (χ0v) is 17.5. The third-order valence-corrected chi connectivity index (χ3v) is 7.30. The Balaban J connectivity index is 1.66. The van der Waals surface area contributed by atoms with Gasteiger partial charge in [0.25, 0.3) is 5.91 Å². The third kappa shape index (κ3) is 5.07. The highest BCUT2D eigenvalue weighted by Gasteiger charge is 2.26. The number of hydrogen-bond acceptors (Lipinski definition) is 6. The van der Waals surface area contributed by atoms with Crippen LogP contribution in [0.1, 0.15) is 45.1 Å². The molecule has 1 aliphatic heterocycles. The first-order valence-corrected chi connectivity index (χ1v) is 11.4. The van der Waals surface area contributed by atoms with Crippen molar-refractivity contribution in [3.63, 3.8) is 0 Å².